The van der Waals surface area contributed by atoms with Gasteiger partial charge in [0.2, 0.25) is 0 Å². The first-order valence-corrected chi connectivity index (χ1v) is 7.35. The van der Waals surface area contributed by atoms with Crippen molar-refractivity contribution >= 4 is 0 Å². The van der Waals surface area contributed by atoms with Crippen molar-refractivity contribution in [1.82, 2.24) is 4.90 Å². The number of alkyl halides is 3. The lowest BCUT2D eigenvalue weighted by Gasteiger charge is -2.28. The summed E-state index contributed by atoms with van der Waals surface area (Å²) in [5.41, 5.74) is -0.0865. The fourth-order valence-corrected chi connectivity index (χ4v) is 2.90. The molecular formula is C16H22F3NO. The number of rotatable bonds is 4. The van der Waals surface area contributed by atoms with E-state index in [0.717, 1.165) is 31.5 Å². The minimum Gasteiger partial charge on any atom is -0.492 e. The molecule has 1 aromatic carbocycles. The van der Waals surface area contributed by atoms with Gasteiger partial charge in [-0.1, -0.05) is 0 Å². The number of hydrogen-bond donors (Lipinski definition) is 0. The summed E-state index contributed by atoms with van der Waals surface area (Å²) in [6.07, 6.45) is -2.18. The topological polar surface area (TPSA) is 12.5 Å². The van der Waals surface area contributed by atoms with Crippen molar-refractivity contribution in [2.45, 2.75) is 51.9 Å². The lowest BCUT2D eigenvalue weighted by molar-refractivity contribution is -0.137. The number of ether oxygens (including phenoxy) is 1. The average molecular weight is 301 g/mol. The highest BCUT2D eigenvalue weighted by Crippen LogP contribution is 2.32. The summed E-state index contributed by atoms with van der Waals surface area (Å²) in [7, 11) is 0. The Morgan fingerprint density at radius 1 is 1.29 bits per heavy atom. The lowest BCUT2D eigenvalue weighted by Crippen LogP contribution is -2.39. The highest BCUT2D eigenvalue weighted by Gasteiger charge is 2.31. The van der Waals surface area contributed by atoms with Crippen LogP contribution in [0.4, 0.5) is 13.2 Å². The molecule has 0 aromatic heterocycles. The van der Waals surface area contributed by atoms with Crippen LogP contribution in [0.25, 0.3) is 0 Å². The van der Waals surface area contributed by atoms with Gasteiger partial charge in [-0.3, -0.25) is 4.90 Å². The van der Waals surface area contributed by atoms with Crippen molar-refractivity contribution in [3.63, 3.8) is 0 Å². The normalized spacial score (nSPS) is 20.2. The second kappa shape index (κ2) is 6.26. The Kier molecular flexibility index (Phi) is 4.81. The minimum atomic E-state index is -4.33. The highest BCUT2D eigenvalue weighted by molar-refractivity contribution is 5.35. The van der Waals surface area contributed by atoms with E-state index in [4.69, 9.17) is 4.74 Å². The third kappa shape index (κ3) is 4.13. The highest BCUT2D eigenvalue weighted by atomic mass is 19.4. The predicted molar refractivity (Wildman–Crippen MR) is 76.5 cm³/mol. The molecule has 0 saturated carbocycles. The summed E-state index contributed by atoms with van der Waals surface area (Å²) in [5.74, 6) is 0.304. The van der Waals surface area contributed by atoms with E-state index >= 15 is 0 Å². The molecule has 0 spiro atoms. The van der Waals surface area contributed by atoms with Crippen molar-refractivity contribution in [3.8, 4) is 5.75 Å². The smallest absolute Gasteiger partial charge is 0.416 e. The maximum absolute atomic E-state index is 12.8. The molecule has 0 amide bonds. The van der Waals surface area contributed by atoms with Crippen molar-refractivity contribution in [1.29, 1.82) is 0 Å². The van der Waals surface area contributed by atoms with Crippen LogP contribution in [0.1, 0.15) is 37.8 Å². The van der Waals surface area contributed by atoms with E-state index in [1.165, 1.54) is 0 Å². The van der Waals surface area contributed by atoms with E-state index < -0.39 is 11.7 Å². The van der Waals surface area contributed by atoms with Gasteiger partial charge in [0.25, 0.3) is 0 Å². The summed E-state index contributed by atoms with van der Waals surface area (Å²) in [5, 5.41) is 0. The zero-order valence-electron chi connectivity index (χ0n) is 12.7. The molecule has 1 atom stereocenters. The molecule has 5 heteroatoms. The first-order valence-electron chi connectivity index (χ1n) is 7.35. The molecule has 1 fully saturated rings. The van der Waals surface area contributed by atoms with Crippen LogP contribution in [0.2, 0.25) is 0 Å². The number of benzene rings is 1. The zero-order chi connectivity index (χ0) is 15.6. The van der Waals surface area contributed by atoms with Crippen molar-refractivity contribution < 1.29 is 17.9 Å². The van der Waals surface area contributed by atoms with Crippen molar-refractivity contribution in [2.24, 2.45) is 0 Å². The second-order valence-electron chi connectivity index (χ2n) is 5.97. The number of hydrogen-bond acceptors (Lipinski definition) is 2. The molecule has 0 aliphatic carbocycles. The van der Waals surface area contributed by atoms with Gasteiger partial charge in [0.05, 0.1) is 5.56 Å². The van der Waals surface area contributed by atoms with Gasteiger partial charge in [0.15, 0.2) is 0 Å². The molecule has 1 saturated heterocycles. The number of halogens is 3. The van der Waals surface area contributed by atoms with Crippen LogP contribution in [0, 0.1) is 6.92 Å². The first kappa shape index (κ1) is 16.1. The van der Waals surface area contributed by atoms with Crippen molar-refractivity contribution in [2.75, 3.05) is 13.2 Å². The van der Waals surface area contributed by atoms with Gasteiger partial charge in [-0.25, -0.2) is 0 Å². The van der Waals surface area contributed by atoms with Crippen LogP contribution in [-0.2, 0) is 6.18 Å². The standard InChI is InChI=1S/C16H22F3NO/c1-11(2)20-6-4-5-14(20)10-21-15-8-12(3)7-13(9-15)16(17,18)19/h7-9,11,14H,4-6,10H2,1-3H3/t14-/m0/s1. The monoisotopic (exact) mass is 301 g/mol. The van der Waals surface area contributed by atoms with E-state index in [0.29, 0.717) is 30.0 Å². The molecule has 0 N–H and O–H groups in total. The van der Waals surface area contributed by atoms with Crippen LogP contribution in [-0.4, -0.2) is 30.1 Å². The fourth-order valence-electron chi connectivity index (χ4n) is 2.90. The molecule has 2 rings (SSSR count). The number of nitrogens with zero attached hydrogens (tertiary/aromatic N) is 1. The van der Waals surface area contributed by atoms with E-state index in [9.17, 15) is 13.2 Å². The molecule has 118 valence electrons. The van der Waals surface area contributed by atoms with E-state index in [2.05, 4.69) is 18.7 Å². The van der Waals surface area contributed by atoms with Gasteiger partial charge in [-0.2, -0.15) is 13.2 Å². The number of aryl methyl sites for hydroxylation is 1. The SMILES string of the molecule is Cc1cc(OC[C@@H]2CCCN2C(C)C)cc(C(F)(F)F)c1. The summed E-state index contributed by atoms with van der Waals surface area (Å²) < 4.78 is 44.0. The minimum absolute atomic E-state index is 0.292. The Labute approximate surface area is 123 Å². The Morgan fingerprint density at radius 3 is 2.62 bits per heavy atom. The van der Waals surface area contributed by atoms with Gasteiger partial charge < -0.3 is 4.74 Å². The van der Waals surface area contributed by atoms with E-state index in [-0.39, 0.29) is 0 Å². The maximum Gasteiger partial charge on any atom is 0.416 e. The summed E-state index contributed by atoms with van der Waals surface area (Å²) in [4.78, 5) is 2.35. The molecule has 2 nitrogen and oxygen atoms in total. The molecule has 0 bridgehead atoms. The lowest BCUT2D eigenvalue weighted by atomic mass is 10.1. The van der Waals surface area contributed by atoms with Gasteiger partial charge >= 0.3 is 6.18 Å². The molecule has 21 heavy (non-hydrogen) atoms. The van der Waals surface area contributed by atoms with Crippen LogP contribution in [0.5, 0.6) is 5.75 Å². The fraction of sp³-hybridized carbons (Fsp3) is 0.625. The molecule has 1 aromatic rings. The maximum atomic E-state index is 12.8. The quantitative estimate of drug-likeness (QED) is 0.823. The van der Waals surface area contributed by atoms with Gasteiger partial charge in [0.1, 0.15) is 12.4 Å². The summed E-state index contributed by atoms with van der Waals surface area (Å²) >= 11 is 0. The Bertz CT molecular complexity index is 485. The second-order valence-corrected chi connectivity index (χ2v) is 5.97. The van der Waals surface area contributed by atoms with Gasteiger partial charge in [-0.05, 0) is 63.9 Å². The molecule has 0 radical (unpaired) electrons. The van der Waals surface area contributed by atoms with E-state index in [1.54, 1.807) is 13.0 Å². The third-order valence-corrected chi connectivity index (χ3v) is 3.91. The third-order valence-electron chi connectivity index (χ3n) is 3.91. The predicted octanol–water partition coefficient (Wildman–Crippen LogP) is 4.27. The van der Waals surface area contributed by atoms with Crippen molar-refractivity contribution in [3.05, 3.63) is 29.3 Å². The first-order chi connectivity index (χ1) is 9.77. The van der Waals surface area contributed by atoms with Crippen LogP contribution < -0.4 is 4.74 Å². The molecule has 1 aliphatic rings. The van der Waals surface area contributed by atoms with E-state index in [1.807, 2.05) is 0 Å². The Morgan fingerprint density at radius 2 is 2.00 bits per heavy atom. The van der Waals surface area contributed by atoms with Crippen LogP contribution >= 0.6 is 0 Å². The zero-order valence-corrected chi connectivity index (χ0v) is 12.7. The largest absolute Gasteiger partial charge is 0.492 e. The summed E-state index contributed by atoms with van der Waals surface area (Å²) in [6, 6.07) is 4.61. The summed E-state index contributed by atoms with van der Waals surface area (Å²) in [6.45, 7) is 7.39. The average Bonchev–Trinajstić information content (AvgIpc) is 2.83. The van der Waals surface area contributed by atoms with Crippen LogP contribution in [0.15, 0.2) is 18.2 Å². The van der Waals surface area contributed by atoms with Gasteiger partial charge in [0, 0.05) is 12.1 Å². The molecule has 0 unspecified atom stereocenters. The van der Waals surface area contributed by atoms with Crippen LogP contribution in [0.3, 0.4) is 0 Å². The number of likely N-dealkylation sites (tertiary alicyclic amines) is 1. The molecule has 1 heterocycles. The Balaban J connectivity index is 2.05. The molecule has 1 aliphatic heterocycles. The molecular weight excluding hydrogens is 279 g/mol. The van der Waals surface area contributed by atoms with Gasteiger partial charge in [-0.15, -0.1) is 0 Å². The Hall–Kier alpha value is -1.23.